The third-order valence-corrected chi connectivity index (χ3v) is 3.70. The first-order chi connectivity index (χ1) is 13.3. The topological polar surface area (TPSA) is 231 Å². The van der Waals surface area contributed by atoms with Crippen molar-refractivity contribution in [2.45, 2.75) is 51.2 Å². The van der Waals surface area contributed by atoms with Crippen molar-refractivity contribution >= 4 is 35.6 Å². The van der Waals surface area contributed by atoms with Crippen molar-refractivity contribution in [2.24, 2.45) is 17.4 Å². The van der Waals surface area contributed by atoms with Crippen LogP contribution in [0.15, 0.2) is 0 Å². The number of carbonyl (C=O) groups is 6. The first-order valence-corrected chi connectivity index (χ1v) is 8.71. The molecule has 0 heterocycles. The quantitative estimate of drug-likeness (QED) is 0.160. The number of aliphatic carboxylic acids is 2. The Morgan fingerprint density at radius 3 is 1.93 bits per heavy atom. The number of carboxylic acid groups (broad SMARTS) is 2. The van der Waals surface area contributed by atoms with Crippen molar-refractivity contribution in [3.8, 4) is 0 Å². The molecule has 3 unspecified atom stereocenters. The summed E-state index contributed by atoms with van der Waals surface area (Å²) in [6, 6.07) is -3.82. The number of nitrogens with one attached hydrogen (secondary N) is 3. The van der Waals surface area contributed by atoms with Crippen LogP contribution >= 0.6 is 0 Å². The maximum atomic E-state index is 12.6. The summed E-state index contributed by atoms with van der Waals surface area (Å²) in [6.45, 7) is 2.49. The van der Waals surface area contributed by atoms with Crippen LogP contribution in [-0.4, -0.2) is 70.5 Å². The molecule has 0 fully saturated rings. The molecule has 0 aliphatic heterocycles. The smallest absolute Gasteiger partial charge is 0.322 e. The van der Waals surface area contributed by atoms with E-state index in [1.165, 1.54) is 0 Å². The van der Waals surface area contributed by atoms with E-state index in [9.17, 15) is 28.8 Å². The van der Waals surface area contributed by atoms with Crippen molar-refractivity contribution < 1.29 is 39.0 Å². The van der Waals surface area contributed by atoms with Gasteiger partial charge in [0.05, 0.1) is 12.5 Å². The number of nitrogens with two attached hydrogens (primary N) is 2. The molecule has 29 heavy (non-hydrogen) atoms. The van der Waals surface area contributed by atoms with Crippen LogP contribution in [0.25, 0.3) is 0 Å². The fourth-order valence-corrected chi connectivity index (χ4v) is 2.18. The van der Waals surface area contributed by atoms with Crippen LogP contribution in [0.3, 0.4) is 0 Å². The average Bonchev–Trinajstić information content (AvgIpc) is 2.59. The lowest BCUT2D eigenvalue weighted by molar-refractivity contribution is -0.140. The molecule has 4 amide bonds. The molecule has 13 nitrogen and oxygen atoms in total. The molecule has 164 valence electrons. The Hall–Kier alpha value is -3.22. The second-order valence-electron chi connectivity index (χ2n) is 6.61. The van der Waals surface area contributed by atoms with Gasteiger partial charge in [-0.3, -0.25) is 28.8 Å². The molecule has 0 aromatic heterocycles. The Balaban J connectivity index is 5.22. The van der Waals surface area contributed by atoms with E-state index in [-0.39, 0.29) is 12.8 Å². The van der Waals surface area contributed by atoms with E-state index in [2.05, 4.69) is 16.0 Å². The van der Waals surface area contributed by atoms with Crippen LogP contribution in [0, 0.1) is 5.92 Å². The maximum absolute atomic E-state index is 12.6. The van der Waals surface area contributed by atoms with Gasteiger partial charge >= 0.3 is 11.9 Å². The van der Waals surface area contributed by atoms with Crippen molar-refractivity contribution in [1.29, 1.82) is 0 Å². The van der Waals surface area contributed by atoms with Gasteiger partial charge in [0, 0.05) is 6.42 Å². The average molecular weight is 417 g/mol. The summed E-state index contributed by atoms with van der Waals surface area (Å²) in [4.78, 5) is 69.0. The number of hydrogen-bond donors (Lipinski definition) is 7. The number of hydrogen-bond acceptors (Lipinski definition) is 7. The van der Waals surface area contributed by atoms with E-state index in [1.807, 2.05) is 0 Å². The van der Waals surface area contributed by atoms with Gasteiger partial charge in [-0.05, 0) is 12.3 Å². The lowest BCUT2D eigenvalue weighted by Gasteiger charge is -2.26. The first-order valence-electron chi connectivity index (χ1n) is 8.71. The molecular formula is C16H27N5O8. The largest absolute Gasteiger partial charge is 0.481 e. The second-order valence-corrected chi connectivity index (χ2v) is 6.61. The fourth-order valence-electron chi connectivity index (χ4n) is 2.18. The van der Waals surface area contributed by atoms with Crippen LogP contribution in [0.4, 0.5) is 0 Å². The minimum absolute atomic E-state index is 0.191. The van der Waals surface area contributed by atoms with Crippen molar-refractivity contribution in [3.63, 3.8) is 0 Å². The first kappa shape index (κ1) is 25.8. The van der Waals surface area contributed by atoms with Crippen molar-refractivity contribution in [3.05, 3.63) is 0 Å². The molecule has 0 saturated heterocycles. The minimum atomic E-state index is -1.38. The molecule has 13 heteroatoms. The van der Waals surface area contributed by atoms with Gasteiger partial charge in [0.1, 0.15) is 18.6 Å². The molecule has 3 atom stereocenters. The number of carbonyl (C=O) groups excluding carboxylic acids is 4. The van der Waals surface area contributed by atoms with Crippen LogP contribution < -0.4 is 27.4 Å². The highest BCUT2D eigenvalue weighted by atomic mass is 16.4. The number of rotatable bonds is 13. The lowest BCUT2D eigenvalue weighted by atomic mass is 10.0. The second kappa shape index (κ2) is 12.3. The van der Waals surface area contributed by atoms with Gasteiger partial charge in [0.25, 0.3) is 0 Å². The lowest BCUT2D eigenvalue weighted by Crippen LogP contribution is -2.57. The Kier molecular flexibility index (Phi) is 10.9. The summed E-state index contributed by atoms with van der Waals surface area (Å²) < 4.78 is 0. The molecule has 0 radical (unpaired) electrons. The minimum Gasteiger partial charge on any atom is -0.481 e. The summed E-state index contributed by atoms with van der Waals surface area (Å²) in [5.74, 6) is -6.31. The zero-order valence-corrected chi connectivity index (χ0v) is 16.1. The van der Waals surface area contributed by atoms with Gasteiger partial charge < -0.3 is 37.6 Å². The van der Waals surface area contributed by atoms with Gasteiger partial charge in [0.2, 0.25) is 23.6 Å². The molecule has 0 aromatic rings. The van der Waals surface area contributed by atoms with Crippen LogP contribution in [0.1, 0.15) is 33.1 Å². The predicted molar refractivity (Wildman–Crippen MR) is 98.0 cm³/mol. The molecule has 0 rings (SSSR count). The maximum Gasteiger partial charge on any atom is 0.322 e. The molecule has 0 bridgehead atoms. The Morgan fingerprint density at radius 1 is 0.897 bits per heavy atom. The van der Waals surface area contributed by atoms with Crippen LogP contribution in [0.2, 0.25) is 0 Å². The molecular weight excluding hydrogens is 390 g/mol. The number of amides is 4. The summed E-state index contributed by atoms with van der Waals surface area (Å²) in [7, 11) is 0. The van der Waals surface area contributed by atoms with E-state index in [4.69, 9.17) is 21.7 Å². The third-order valence-electron chi connectivity index (χ3n) is 3.70. The highest BCUT2D eigenvalue weighted by molar-refractivity contribution is 5.94. The zero-order valence-electron chi connectivity index (χ0n) is 16.1. The molecule has 0 aliphatic carbocycles. The van der Waals surface area contributed by atoms with E-state index in [1.54, 1.807) is 13.8 Å². The number of primary amides is 1. The fraction of sp³-hybridized carbons (Fsp3) is 0.625. The standard InChI is InChI=1S/C16H27N5O8/c1-7(2)13(21-14(27)8(17)5-11(23)24)16(29)20-9(3-4-10(18)22)15(28)19-6-12(25)26/h7-9,13H,3-6,17H2,1-2H3,(H2,18,22)(H,19,28)(H,20,29)(H,21,27)(H,23,24)(H,25,26). The Bertz CT molecular complexity index is 651. The summed E-state index contributed by atoms with van der Waals surface area (Å²) in [5.41, 5.74) is 10.5. The van der Waals surface area contributed by atoms with Gasteiger partial charge in [-0.25, -0.2) is 0 Å². The van der Waals surface area contributed by atoms with Gasteiger partial charge in [-0.15, -0.1) is 0 Å². The Morgan fingerprint density at radius 2 is 1.48 bits per heavy atom. The normalized spacial score (nSPS) is 13.7. The molecule has 0 aliphatic rings. The molecule has 0 saturated carbocycles. The van der Waals surface area contributed by atoms with Gasteiger partial charge in [0.15, 0.2) is 0 Å². The van der Waals surface area contributed by atoms with E-state index >= 15 is 0 Å². The molecule has 0 aromatic carbocycles. The SMILES string of the molecule is CC(C)C(NC(=O)C(N)CC(=O)O)C(=O)NC(CCC(N)=O)C(=O)NCC(=O)O. The highest BCUT2D eigenvalue weighted by Crippen LogP contribution is 2.06. The van der Waals surface area contributed by atoms with E-state index in [0.29, 0.717) is 0 Å². The number of carboxylic acids is 2. The van der Waals surface area contributed by atoms with Gasteiger partial charge in [-0.1, -0.05) is 13.8 Å². The van der Waals surface area contributed by atoms with Crippen molar-refractivity contribution in [2.75, 3.05) is 6.54 Å². The van der Waals surface area contributed by atoms with Crippen molar-refractivity contribution in [1.82, 2.24) is 16.0 Å². The zero-order chi connectivity index (χ0) is 22.7. The third kappa shape index (κ3) is 10.6. The van der Waals surface area contributed by atoms with E-state index < -0.39 is 72.6 Å². The highest BCUT2D eigenvalue weighted by Gasteiger charge is 2.30. The summed E-state index contributed by atoms with van der Waals surface area (Å²) in [6.07, 6.45) is -1.09. The Labute approximate surface area is 166 Å². The molecule has 0 spiro atoms. The summed E-state index contributed by atoms with van der Waals surface area (Å²) in [5, 5.41) is 24.1. The molecule has 9 N–H and O–H groups in total. The van der Waals surface area contributed by atoms with E-state index in [0.717, 1.165) is 0 Å². The predicted octanol–water partition coefficient (Wildman–Crippen LogP) is -3.12. The van der Waals surface area contributed by atoms with Crippen LogP contribution in [-0.2, 0) is 28.8 Å². The summed E-state index contributed by atoms with van der Waals surface area (Å²) >= 11 is 0. The van der Waals surface area contributed by atoms with Gasteiger partial charge in [-0.2, -0.15) is 0 Å². The monoisotopic (exact) mass is 417 g/mol. The van der Waals surface area contributed by atoms with Crippen LogP contribution in [0.5, 0.6) is 0 Å².